The van der Waals surface area contributed by atoms with Crippen LogP contribution in [0.25, 0.3) is 0 Å². The first kappa shape index (κ1) is 13.6. The van der Waals surface area contributed by atoms with Gasteiger partial charge in [0.2, 0.25) is 5.91 Å². The lowest BCUT2D eigenvalue weighted by Crippen LogP contribution is -2.39. The lowest BCUT2D eigenvalue weighted by atomic mass is 10.3. The maximum Gasteiger partial charge on any atom is 0.236 e. The molecule has 0 aliphatic carbocycles. The number of rotatable bonds is 6. The van der Waals surface area contributed by atoms with Crippen LogP contribution in [0.5, 0.6) is 0 Å². The fraction of sp³-hybridized carbons (Fsp3) is 0.727. The number of nitrogens with one attached hydrogen (secondary N) is 1. The van der Waals surface area contributed by atoms with Gasteiger partial charge in [0.15, 0.2) is 0 Å². The second kappa shape index (κ2) is 6.34. The molecule has 0 radical (unpaired) electrons. The summed E-state index contributed by atoms with van der Waals surface area (Å²) in [5, 5.41) is 11.0. The second-order valence-electron chi connectivity index (χ2n) is 3.97. The van der Waals surface area contributed by atoms with Crippen molar-refractivity contribution in [1.82, 2.24) is 25.0 Å². The molecule has 1 heterocycles. The molecular formula is C11H21N5O. The van der Waals surface area contributed by atoms with Crippen molar-refractivity contribution in [2.45, 2.75) is 26.8 Å². The van der Waals surface area contributed by atoms with E-state index in [-0.39, 0.29) is 11.9 Å². The Morgan fingerprint density at radius 2 is 2.18 bits per heavy atom. The van der Waals surface area contributed by atoms with Gasteiger partial charge < -0.3 is 9.47 Å². The van der Waals surface area contributed by atoms with Gasteiger partial charge in [-0.15, -0.1) is 10.2 Å². The Morgan fingerprint density at radius 3 is 2.65 bits per heavy atom. The molecule has 1 aromatic heterocycles. The zero-order chi connectivity index (χ0) is 12.8. The van der Waals surface area contributed by atoms with E-state index >= 15 is 0 Å². The summed E-state index contributed by atoms with van der Waals surface area (Å²) in [7, 11) is 1.89. The average molecular weight is 239 g/mol. The molecule has 1 amide bonds. The van der Waals surface area contributed by atoms with Gasteiger partial charge in [-0.1, -0.05) is 0 Å². The van der Waals surface area contributed by atoms with E-state index in [2.05, 4.69) is 15.5 Å². The van der Waals surface area contributed by atoms with Crippen molar-refractivity contribution >= 4 is 5.91 Å². The summed E-state index contributed by atoms with van der Waals surface area (Å²) in [6, 6.07) is 0.0158. The van der Waals surface area contributed by atoms with Crippen LogP contribution in [-0.4, -0.2) is 45.2 Å². The number of amides is 1. The molecule has 6 nitrogen and oxygen atoms in total. The third-order valence-corrected chi connectivity index (χ3v) is 2.81. The minimum absolute atomic E-state index is 0.0158. The lowest BCUT2D eigenvalue weighted by molar-refractivity contribution is -0.130. The molecule has 0 bridgehead atoms. The summed E-state index contributed by atoms with van der Waals surface area (Å²) in [6.07, 6.45) is 1.65. The molecule has 1 N–H and O–H groups in total. The van der Waals surface area contributed by atoms with Crippen LogP contribution in [0.15, 0.2) is 6.33 Å². The zero-order valence-electron chi connectivity index (χ0n) is 11.0. The third kappa shape index (κ3) is 3.52. The number of carbonyl (C=O) groups is 1. The average Bonchev–Trinajstić information content (AvgIpc) is 2.74. The van der Waals surface area contributed by atoms with E-state index < -0.39 is 0 Å². The molecule has 0 aromatic carbocycles. The molecule has 0 fully saturated rings. The largest absolute Gasteiger partial charge is 0.342 e. The molecule has 1 unspecified atom stereocenters. The Hall–Kier alpha value is -1.43. The lowest BCUT2D eigenvalue weighted by Gasteiger charge is -2.20. The van der Waals surface area contributed by atoms with Crippen LogP contribution in [0.3, 0.4) is 0 Å². The molecule has 6 heteroatoms. The molecule has 1 rings (SSSR count). The first-order valence-electron chi connectivity index (χ1n) is 5.95. The molecule has 0 saturated heterocycles. The fourth-order valence-electron chi connectivity index (χ4n) is 1.70. The van der Waals surface area contributed by atoms with Crippen LogP contribution in [0.1, 0.15) is 32.6 Å². The van der Waals surface area contributed by atoms with Crippen LogP contribution in [-0.2, 0) is 11.8 Å². The van der Waals surface area contributed by atoms with Gasteiger partial charge in [0, 0.05) is 20.1 Å². The quantitative estimate of drug-likeness (QED) is 0.777. The van der Waals surface area contributed by atoms with Crippen molar-refractivity contribution in [3.63, 3.8) is 0 Å². The van der Waals surface area contributed by atoms with Gasteiger partial charge in [-0.05, 0) is 20.8 Å². The summed E-state index contributed by atoms with van der Waals surface area (Å²) < 4.78 is 1.85. The molecule has 1 aromatic rings. The Morgan fingerprint density at radius 1 is 1.53 bits per heavy atom. The maximum absolute atomic E-state index is 11.8. The Kier molecular flexibility index (Phi) is 5.09. The number of carbonyl (C=O) groups excluding carboxylic acids is 1. The van der Waals surface area contributed by atoms with Crippen LogP contribution >= 0.6 is 0 Å². The molecule has 0 aliphatic heterocycles. The van der Waals surface area contributed by atoms with Crippen LogP contribution < -0.4 is 5.32 Å². The predicted octanol–water partition coefficient (Wildman–Crippen LogP) is 0.334. The summed E-state index contributed by atoms with van der Waals surface area (Å²) in [5.74, 6) is 0.946. The summed E-state index contributed by atoms with van der Waals surface area (Å²) in [4.78, 5) is 13.6. The number of aryl methyl sites for hydroxylation is 1. The van der Waals surface area contributed by atoms with E-state index in [1.54, 1.807) is 11.2 Å². The first-order chi connectivity index (χ1) is 8.10. The molecule has 0 saturated carbocycles. The standard InChI is InChI=1S/C11H21N5O/c1-5-16(6-2)10(17)7-12-9(3)11-14-13-8-15(11)4/h8-9,12H,5-7H2,1-4H3. The van der Waals surface area contributed by atoms with E-state index in [9.17, 15) is 4.79 Å². The van der Waals surface area contributed by atoms with Crippen molar-refractivity contribution in [1.29, 1.82) is 0 Å². The van der Waals surface area contributed by atoms with Crippen LogP contribution in [0.2, 0.25) is 0 Å². The Bertz CT molecular complexity index is 358. The number of hydrogen-bond donors (Lipinski definition) is 1. The van der Waals surface area contributed by atoms with Crippen molar-refractivity contribution in [3.8, 4) is 0 Å². The number of hydrogen-bond acceptors (Lipinski definition) is 4. The maximum atomic E-state index is 11.8. The van der Waals surface area contributed by atoms with Gasteiger partial charge in [-0.3, -0.25) is 10.1 Å². The Balaban J connectivity index is 2.46. The molecule has 0 aliphatic rings. The van der Waals surface area contributed by atoms with Gasteiger partial charge in [0.05, 0.1) is 12.6 Å². The summed E-state index contributed by atoms with van der Waals surface area (Å²) in [5.41, 5.74) is 0. The highest BCUT2D eigenvalue weighted by Gasteiger charge is 2.14. The van der Waals surface area contributed by atoms with Crippen molar-refractivity contribution in [2.24, 2.45) is 7.05 Å². The summed E-state index contributed by atoms with van der Waals surface area (Å²) in [6.45, 7) is 7.75. The van der Waals surface area contributed by atoms with Crippen molar-refractivity contribution in [3.05, 3.63) is 12.2 Å². The van der Waals surface area contributed by atoms with Gasteiger partial charge in [-0.25, -0.2) is 0 Å². The number of aromatic nitrogens is 3. The normalized spacial score (nSPS) is 12.5. The third-order valence-electron chi connectivity index (χ3n) is 2.81. The molecule has 96 valence electrons. The van der Waals surface area contributed by atoms with Crippen molar-refractivity contribution < 1.29 is 4.79 Å². The molecular weight excluding hydrogens is 218 g/mol. The monoisotopic (exact) mass is 239 g/mol. The number of likely N-dealkylation sites (N-methyl/N-ethyl adjacent to an activating group) is 1. The van der Waals surface area contributed by atoms with Gasteiger partial charge >= 0.3 is 0 Å². The van der Waals surface area contributed by atoms with E-state index in [1.165, 1.54) is 0 Å². The second-order valence-corrected chi connectivity index (χ2v) is 3.97. The highest BCUT2D eigenvalue weighted by molar-refractivity contribution is 5.78. The first-order valence-corrected chi connectivity index (χ1v) is 5.95. The number of nitrogens with zero attached hydrogens (tertiary/aromatic N) is 4. The minimum Gasteiger partial charge on any atom is -0.342 e. The van der Waals surface area contributed by atoms with Crippen LogP contribution in [0, 0.1) is 0 Å². The van der Waals surface area contributed by atoms with E-state index in [1.807, 2.05) is 32.4 Å². The topological polar surface area (TPSA) is 63.1 Å². The van der Waals surface area contributed by atoms with Gasteiger partial charge in [-0.2, -0.15) is 0 Å². The van der Waals surface area contributed by atoms with Crippen molar-refractivity contribution in [2.75, 3.05) is 19.6 Å². The van der Waals surface area contributed by atoms with Gasteiger partial charge in [0.25, 0.3) is 0 Å². The Labute approximate surface area is 102 Å². The van der Waals surface area contributed by atoms with Gasteiger partial charge in [0.1, 0.15) is 12.2 Å². The predicted molar refractivity (Wildman–Crippen MR) is 65.3 cm³/mol. The van der Waals surface area contributed by atoms with E-state index in [0.29, 0.717) is 6.54 Å². The highest BCUT2D eigenvalue weighted by atomic mass is 16.2. The minimum atomic E-state index is 0.0158. The highest BCUT2D eigenvalue weighted by Crippen LogP contribution is 2.06. The fourth-order valence-corrected chi connectivity index (χ4v) is 1.70. The SMILES string of the molecule is CCN(CC)C(=O)CNC(C)c1nncn1C. The van der Waals surface area contributed by atoms with Crippen LogP contribution in [0.4, 0.5) is 0 Å². The van der Waals surface area contributed by atoms with E-state index in [0.717, 1.165) is 18.9 Å². The van der Waals surface area contributed by atoms with E-state index in [4.69, 9.17) is 0 Å². The zero-order valence-corrected chi connectivity index (χ0v) is 11.0. The molecule has 1 atom stereocenters. The smallest absolute Gasteiger partial charge is 0.236 e. The molecule has 0 spiro atoms. The summed E-state index contributed by atoms with van der Waals surface area (Å²) >= 11 is 0. The molecule has 17 heavy (non-hydrogen) atoms.